The molecule has 0 spiro atoms. The van der Waals surface area contributed by atoms with Gasteiger partial charge in [-0.05, 0) is 31.5 Å². The Balaban J connectivity index is 2.69. The Labute approximate surface area is 102 Å². The highest BCUT2D eigenvalue weighted by Gasteiger charge is 2.11. The van der Waals surface area contributed by atoms with Gasteiger partial charge in [0.05, 0.1) is 13.7 Å². The number of rotatable bonds is 6. The molecule has 0 bridgehead atoms. The number of halogens is 1. The van der Waals surface area contributed by atoms with E-state index in [0.717, 1.165) is 5.56 Å². The smallest absolute Gasteiger partial charge is 0.165 e. The lowest BCUT2D eigenvalue weighted by Crippen LogP contribution is -2.32. The molecule has 1 aromatic rings. The van der Waals surface area contributed by atoms with Gasteiger partial charge < -0.3 is 14.8 Å². The van der Waals surface area contributed by atoms with Crippen LogP contribution in [-0.2, 0) is 4.74 Å². The van der Waals surface area contributed by atoms with Crippen molar-refractivity contribution in [3.05, 3.63) is 29.6 Å². The Hall–Kier alpha value is -1.13. The van der Waals surface area contributed by atoms with Gasteiger partial charge in [-0.3, -0.25) is 0 Å². The third-order valence-corrected chi connectivity index (χ3v) is 2.63. The second-order valence-electron chi connectivity index (χ2n) is 4.14. The molecule has 0 fully saturated rings. The fraction of sp³-hybridized carbons (Fsp3) is 0.538. The van der Waals surface area contributed by atoms with Gasteiger partial charge in [-0.2, -0.15) is 0 Å². The van der Waals surface area contributed by atoms with E-state index in [9.17, 15) is 4.39 Å². The molecule has 0 amide bonds. The van der Waals surface area contributed by atoms with E-state index in [2.05, 4.69) is 5.32 Å². The molecular weight excluding hydrogens is 221 g/mol. The van der Waals surface area contributed by atoms with Gasteiger partial charge in [0.1, 0.15) is 0 Å². The Morgan fingerprint density at radius 3 is 2.53 bits per heavy atom. The van der Waals surface area contributed by atoms with Crippen LogP contribution in [0, 0.1) is 5.82 Å². The normalized spacial score (nSPS) is 14.4. The number of nitrogens with one attached hydrogen (secondary N) is 1. The molecule has 1 N–H and O–H groups in total. The van der Waals surface area contributed by atoms with Crippen molar-refractivity contribution in [3.8, 4) is 5.75 Å². The van der Waals surface area contributed by atoms with E-state index in [1.54, 1.807) is 13.2 Å². The quantitative estimate of drug-likeness (QED) is 0.830. The topological polar surface area (TPSA) is 30.5 Å². The lowest BCUT2D eigenvalue weighted by Gasteiger charge is -2.20. The first kappa shape index (κ1) is 13.9. The van der Waals surface area contributed by atoms with Gasteiger partial charge in [0.25, 0.3) is 0 Å². The van der Waals surface area contributed by atoms with Crippen LogP contribution >= 0.6 is 0 Å². The summed E-state index contributed by atoms with van der Waals surface area (Å²) in [6.07, 6.45) is 0. The second kappa shape index (κ2) is 6.57. The standard InChI is InChI=1S/C13H20FNO2/c1-9(8-16-3)15-10(2)11-5-6-13(17-4)12(14)7-11/h5-7,9-10,15H,8H2,1-4H3. The van der Waals surface area contributed by atoms with Crippen LogP contribution in [0.4, 0.5) is 4.39 Å². The first-order valence-corrected chi connectivity index (χ1v) is 5.67. The zero-order valence-electron chi connectivity index (χ0n) is 10.8. The van der Waals surface area contributed by atoms with Crippen molar-refractivity contribution >= 4 is 0 Å². The number of hydrogen-bond donors (Lipinski definition) is 1. The zero-order chi connectivity index (χ0) is 12.8. The predicted octanol–water partition coefficient (Wildman–Crippen LogP) is 2.52. The molecule has 4 heteroatoms. The maximum Gasteiger partial charge on any atom is 0.165 e. The first-order valence-electron chi connectivity index (χ1n) is 5.67. The van der Waals surface area contributed by atoms with Crippen LogP contribution < -0.4 is 10.1 Å². The molecule has 96 valence electrons. The van der Waals surface area contributed by atoms with Crippen LogP contribution in [0.25, 0.3) is 0 Å². The van der Waals surface area contributed by atoms with Crippen LogP contribution in [-0.4, -0.2) is 26.9 Å². The molecule has 3 nitrogen and oxygen atoms in total. The molecule has 17 heavy (non-hydrogen) atoms. The predicted molar refractivity (Wildman–Crippen MR) is 65.8 cm³/mol. The summed E-state index contributed by atoms with van der Waals surface area (Å²) in [4.78, 5) is 0. The van der Waals surface area contributed by atoms with Crippen LogP contribution in [0.15, 0.2) is 18.2 Å². The second-order valence-corrected chi connectivity index (χ2v) is 4.14. The summed E-state index contributed by atoms with van der Waals surface area (Å²) in [5.41, 5.74) is 0.895. The van der Waals surface area contributed by atoms with Crippen LogP contribution in [0.2, 0.25) is 0 Å². The molecule has 0 saturated heterocycles. The molecular formula is C13H20FNO2. The highest BCUT2D eigenvalue weighted by molar-refractivity contribution is 5.30. The molecule has 0 aromatic heterocycles. The lowest BCUT2D eigenvalue weighted by molar-refractivity contribution is 0.167. The molecule has 0 aliphatic heterocycles. The highest BCUT2D eigenvalue weighted by Crippen LogP contribution is 2.21. The summed E-state index contributed by atoms with van der Waals surface area (Å²) < 4.78 is 23.4. The highest BCUT2D eigenvalue weighted by atomic mass is 19.1. The minimum absolute atomic E-state index is 0.0700. The molecule has 0 aliphatic rings. The first-order chi connectivity index (χ1) is 8.08. The molecule has 1 aromatic carbocycles. The van der Waals surface area contributed by atoms with Gasteiger partial charge in [0, 0.05) is 19.2 Å². The van der Waals surface area contributed by atoms with Crippen LogP contribution in [0.3, 0.4) is 0 Å². The summed E-state index contributed by atoms with van der Waals surface area (Å²) in [6.45, 7) is 4.65. The Morgan fingerprint density at radius 1 is 1.29 bits per heavy atom. The number of benzene rings is 1. The minimum Gasteiger partial charge on any atom is -0.494 e. The fourth-order valence-electron chi connectivity index (χ4n) is 1.77. The van der Waals surface area contributed by atoms with E-state index in [0.29, 0.717) is 6.61 Å². The van der Waals surface area contributed by atoms with Crippen molar-refractivity contribution in [2.24, 2.45) is 0 Å². The van der Waals surface area contributed by atoms with Crippen molar-refractivity contribution in [2.45, 2.75) is 25.9 Å². The monoisotopic (exact) mass is 241 g/mol. The Kier molecular flexibility index (Phi) is 5.38. The summed E-state index contributed by atoms with van der Waals surface area (Å²) >= 11 is 0. The number of ether oxygens (including phenoxy) is 2. The SMILES string of the molecule is COCC(C)NC(C)c1ccc(OC)c(F)c1. The van der Waals surface area contributed by atoms with Crippen molar-refractivity contribution in [2.75, 3.05) is 20.8 Å². The largest absolute Gasteiger partial charge is 0.494 e. The molecule has 1 rings (SSSR count). The van der Waals surface area contributed by atoms with Crippen molar-refractivity contribution < 1.29 is 13.9 Å². The van der Waals surface area contributed by atoms with Crippen molar-refractivity contribution in [1.82, 2.24) is 5.32 Å². The third-order valence-electron chi connectivity index (χ3n) is 2.63. The lowest BCUT2D eigenvalue weighted by atomic mass is 10.1. The fourth-order valence-corrected chi connectivity index (χ4v) is 1.77. The van der Waals surface area contributed by atoms with E-state index < -0.39 is 0 Å². The third kappa shape index (κ3) is 3.98. The van der Waals surface area contributed by atoms with Crippen molar-refractivity contribution in [1.29, 1.82) is 0 Å². The van der Waals surface area contributed by atoms with E-state index in [1.807, 2.05) is 19.9 Å². The summed E-state index contributed by atoms with van der Waals surface area (Å²) in [5, 5.41) is 3.33. The Bertz CT molecular complexity index is 357. The summed E-state index contributed by atoms with van der Waals surface area (Å²) in [5.74, 6) is -0.0658. The average Bonchev–Trinajstić information content (AvgIpc) is 2.29. The van der Waals surface area contributed by atoms with Crippen molar-refractivity contribution in [3.63, 3.8) is 0 Å². The molecule has 0 heterocycles. The molecule has 0 radical (unpaired) electrons. The minimum atomic E-state index is -0.335. The van der Waals surface area contributed by atoms with Gasteiger partial charge in [-0.15, -0.1) is 0 Å². The van der Waals surface area contributed by atoms with Gasteiger partial charge >= 0.3 is 0 Å². The molecule has 0 aliphatic carbocycles. The van der Waals surface area contributed by atoms with Gasteiger partial charge in [-0.25, -0.2) is 4.39 Å². The average molecular weight is 241 g/mol. The van der Waals surface area contributed by atoms with E-state index in [-0.39, 0.29) is 23.7 Å². The maximum atomic E-state index is 13.5. The van der Waals surface area contributed by atoms with E-state index in [4.69, 9.17) is 9.47 Å². The van der Waals surface area contributed by atoms with Gasteiger partial charge in [0.2, 0.25) is 0 Å². The molecule has 2 atom stereocenters. The number of methoxy groups -OCH3 is 2. The Morgan fingerprint density at radius 2 is 2.00 bits per heavy atom. The summed E-state index contributed by atoms with van der Waals surface area (Å²) in [7, 11) is 3.12. The molecule has 0 saturated carbocycles. The maximum absolute atomic E-state index is 13.5. The summed E-state index contributed by atoms with van der Waals surface area (Å²) in [6, 6.07) is 5.29. The van der Waals surface area contributed by atoms with Crippen LogP contribution in [0.5, 0.6) is 5.75 Å². The number of hydrogen-bond acceptors (Lipinski definition) is 3. The van der Waals surface area contributed by atoms with E-state index in [1.165, 1.54) is 13.2 Å². The molecule has 2 unspecified atom stereocenters. The van der Waals surface area contributed by atoms with Gasteiger partial charge in [-0.1, -0.05) is 6.07 Å². The van der Waals surface area contributed by atoms with Crippen LogP contribution in [0.1, 0.15) is 25.5 Å². The zero-order valence-corrected chi connectivity index (χ0v) is 10.8. The van der Waals surface area contributed by atoms with E-state index >= 15 is 0 Å². The van der Waals surface area contributed by atoms with Gasteiger partial charge in [0.15, 0.2) is 11.6 Å².